The van der Waals surface area contributed by atoms with E-state index in [4.69, 9.17) is 0 Å². The summed E-state index contributed by atoms with van der Waals surface area (Å²) in [6, 6.07) is 16.4. The van der Waals surface area contributed by atoms with Crippen LogP contribution < -0.4 is 16.2 Å². The lowest BCUT2D eigenvalue weighted by molar-refractivity contribution is 0.0955. The number of hydrogen-bond donors (Lipinski definition) is 3. The van der Waals surface area contributed by atoms with Crippen LogP contribution >= 0.6 is 11.5 Å². The van der Waals surface area contributed by atoms with Crippen LogP contribution in [0.5, 0.6) is 0 Å². The number of aryl methyl sites for hydroxylation is 1. The first-order chi connectivity index (χ1) is 13.6. The van der Waals surface area contributed by atoms with Gasteiger partial charge in [0.2, 0.25) is 0 Å². The predicted octanol–water partition coefficient (Wildman–Crippen LogP) is 2.93. The Balaban J connectivity index is 1.32. The quantitative estimate of drug-likeness (QED) is 0.439. The number of nitrogens with one attached hydrogen (secondary N) is 3. The van der Waals surface area contributed by atoms with Crippen LogP contribution in [-0.2, 0) is 0 Å². The van der Waals surface area contributed by atoms with Crippen molar-refractivity contribution in [3.05, 3.63) is 76.2 Å². The van der Waals surface area contributed by atoms with Gasteiger partial charge in [-0.1, -0.05) is 12.1 Å². The monoisotopic (exact) mass is 393 g/mol. The second-order valence-electron chi connectivity index (χ2n) is 6.37. The van der Waals surface area contributed by atoms with Crippen LogP contribution in [-0.4, -0.2) is 33.2 Å². The van der Waals surface area contributed by atoms with Crippen molar-refractivity contribution in [2.45, 2.75) is 6.92 Å². The molecule has 0 fully saturated rings. The van der Waals surface area contributed by atoms with Crippen LogP contribution in [0, 0.1) is 6.92 Å². The highest BCUT2D eigenvalue weighted by Gasteiger charge is 2.08. The number of amides is 1. The van der Waals surface area contributed by atoms with Crippen molar-refractivity contribution in [3.8, 4) is 5.69 Å². The number of carbonyl (C=O) groups is 1. The zero-order valence-corrected chi connectivity index (χ0v) is 16.0. The zero-order valence-electron chi connectivity index (χ0n) is 15.2. The number of benzene rings is 2. The number of rotatable bonds is 6. The molecule has 1 amide bonds. The van der Waals surface area contributed by atoms with Crippen LogP contribution in [0.25, 0.3) is 15.8 Å². The van der Waals surface area contributed by atoms with Gasteiger partial charge in [-0.2, -0.15) is 4.37 Å². The Morgan fingerprint density at radius 1 is 1.14 bits per heavy atom. The number of anilines is 1. The molecule has 4 rings (SSSR count). The first-order valence-electron chi connectivity index (χ1n) is 8.87. The number of aromatic amines is 1. The minimum atomic E-state index is -0.161. The van der Waals surface area contributed by atoms with E-state index in [9.17, 15) is 9.59 Å². The molecule has 0 unspecified atom stereocenters. The first kappa shape index (κ1) is 18.0. The first-order valence-corrected chi connectivity index (χ1v) is 9.65. The molecule has 8 heteroatoms. The molecule has 0 radical (unpaired) electrons. The molecule has 2 heterocycles. The molecule has 0 aliphatic carbocycles. The second-order valence-corrected chi connectivity index (χ2v) is 7.17. The van der Waals surface area contributed by atoms with E-state index in [0.717, 1.165) is 21.6 Å². The van der Waals surface area contributed by atoms with Gasteiger partial charge < -0.3 is 10.6 Å². The Morgan fingerprint density at radius 3 is 2.68 bits per heavy atom. The van der Waals surface area contributed by atoms with Crippen molar-refractivity contribution in [2.24, 2.45) is 0 Å². The molecule has 0 aliphatic rings. The maximum Gasteiger partial charge on any atom is 0.271 e. The fraction of sp³-hybridized carbons (Fsp3) is 0.150. The van der Waals surface area contributed by atoms with Crippen LogP contribution in [0.4, 0.5) is 5.82 Å². The molecule has 2 aromatic heterocycles. The lowest BCUT2D eigenvalue weighted by Gasteiger charge is -2.08. The van der Waals surface area contributed by atoms with E-state index >= 15 is 0 Å². The third-order valence-corrected chi connectivity index (χ3v) is 5.14. The third-order valence-electron chi connectivity index (χ3n) is 4.32. The van der Waals surface area contributed by atoms with Gasteiger partial charge in [0.1, 0.15) is 5.82 Å². The average molecular weight is 393 g/mol. The molecule has 0 bridgehead atoms. The summed E-state index contributed by atoms with van der Waals surface area (Å²) in [5, 5.41) is 10.2. The summed E-state index contributed by atoms with van der Waals surface area (Å²) in [5.74, 6) is 0.678. The number of fused-ring (bicyclic) bond motifs is 1. The van der Waals surface area contributed by atoms with Crippen LogP contribution in [0.2, 0.25) is 0 Å². The Hall–Kier alpha value is -3.39. The maximum atomic E-state index is 12.3. The molecule has 142 valence electrons. The Labute approximate surface area is 165 Å². The summed E-state index contributed by atoms with van der Waals surface area (Å²) in [7, 11) is 0. The van der Waals surface area contributed by atoms with Gasteiger partial charge in [-0.25, -0.2) is 4.68 Å². The molecule has 4 aromatic rings. The minimum absolute atomic E-state index is 0.129. The van der Waals surface area contributed by atoms with Gasteiger partial charge in [0.15, 0.2) is 0 Å². The normalized spacial score (nSPS) is 10.9. The molecule has 28 heavy (non-hydrogen) atoms. The number of nitrogens with zero attached hydrogens (tertiary/aromatic N) is 2. The van der Waals surface area contributed by atoms with E-state index in [2.05, 4.69) is 20.1 Å². The fourth-order valence-corrected chi connectivity index (χ4v) is 3.69. The molecular weight excluding hydrogens is 374 g/mol. The summed E-state index contributed by atoms with van der Waals surface area (Å²) in [6.45, 7) is 2.87. The summed E-state index contributed by atoms with van der Waals surface area (Å²) in [5.41, 5.74) is 1.88. The highest BCUT2D eigenvalue weighted by Crippen LogP contribution is 2.25. The number of carbonyl (C=O) groups excluding carboxylic acids is 1. The Kier molecular flexibility index (Phi) is 4.94. The molecule has 0 aliphatic heterocycles. The number of hydrogen-bond acceptors (Lipinski definition) is 5. The van der Waals surface area contributed by atoms with Gasteiger partial charge in [-0.05, 0) is 54.9 Å². The predicted molar refractivity (Wildman–Crippen MR) is 112 cm³/mol. The fourth-order valence-electron chi connectivity index (χ4n) is 2.94. The van der Waals surface area contributed by atoms with E-state index < -0.39 is 0 Å². The molecule has 0 atom stereocenters. The molecule has 0 saturated carbocycles. The smallest absolute Gasteiger partial charge is 0.271 e. The van der Waals surface area contributed by atoms with E-state index in [0.29, 0.717) is 24.3 Å². The highest BCUT2D eigenvalue weighted by molar-refractivity contribution is 7.13. The molecule has 7 nitrogen and oxygen atoms in total. The maximum absolute atomic E-state index is 12.3. The molecular formula is C20H19N5O2S. The van der Waals surface area contributed by atoms with E-state index in [1.54, 1.807) is 24.3 Å². The lowest BCUT2D eigenvalue weighted by atomic mass is 10.2. The summed E-state index contributed by atoms with van der Waals surface area (Å²) < 4.78 is 6.98. The van der Waals surface area contributed by atoms with Crippen molar-refractivity contribution in [1.29, 1.82) is 0 Å². The van der Waals surface area contributed by atoms with E-state index in [1.165, 1.54) is 22.3 Å². The van der Waals surface area contributed by atoms with Gasteiger partial charge in [0.05, 0.1) is 10.4 Å². The third kappa shape index (κ3) is 3.67. The number of aromatic nitrogens is 3. The molecule has 0 spiro atoms. The van der Waals surface area contributed by atoms with Crippen molar-refractivity contribution in [2.75, 3.05) is 18.4 Å². The molecule has 2 aromatic carbocycles. The SMILES string of the molecule is Cc1cc(=O)n(-c2ccc(C(=O)NCCNc3nsc4ccccc34)cc2)[nH]1. The van der Waals surface area contributed by atoms with Gasteiger partial charge in [-0.15, -0.1) is 0 Å². The van der Waals surface area contributed by atoms with Gasteiger partial charge in [0.25, 0.3) is 11.5 Å². The van der Waals surface area contributed by atoms with E-state index in [-0.39, 0.29) is 11.5 Å². The van der Waals surface area contributed by atoms with Crippen molar-refractivity contribution in [1.82, 2.24) is 19.5 Å². The standard InChI is InChI=1S/C20H19N5O2S/c1-13-12-18(26)25(23-13)15-8-6-14(7-9-15)20(27)22-11-10-21-19-16-4-2-3-5-17(16)28-24-19/h2-9,12,23H,10-11H2,1H3,(H,21,24)(H,22,27). The van der Waals surface area contributed by atoms with Gasteiger partial charge in [-0.3, -0.25) is 14.7 Å². The summed E-state index contributed by atoms with van der Waals surface area (Å²) in [6.07, 6.45) is 0. The van der Waals surface area contributed by atoms with Gasteiger partial charge in [0, 0.05) is 35.8 Å². The molecule has 3 N–H and O–H groups in total. The van der Waals surface area contributed by atoms with Crippen molar-refractivity contribution >= 4 is 33.3 Å². The topological polar surface area (TPSA) is 91.8 Å². The van der Waals surface area contributed by atoms with Crippen LogP contribution in [0.15, 0.2) is 59.4 Å². The van der Waals surface area contributed by atoms with Gasteiger partial charge >= 0.3 is 0 Å². The van der Waals surface area contributed by atoms with Crippen molar-refractivity contribution in [3.63, 3.8) is 0 Å². The lowest BCUT2D eigenvalue weighted by Crippen LogP contribution is -2.28. The summed E-state index contributed by atoms with van der Waals surface area (Å²) >= 11 is 1.45. The van der Waals surface area contributed by atoms with Crippen LogP contribution in [0.3, 0.4) is 0 Å². The van der Waals surface area contributed by atoms with Crippen molar-refractivity contribution < 1.29 is 4.79 Å². The summed E-state index contributed by atoms with van der Waals surface area (Å²) in [4.78, 5) is 24.2. The molecule has 0 saturated heterocycles. The van der Waals surface area contributed by atoms with E-state index in [1.807, 2.05) is 31.2 Å². The largest absolute Gasteiger partial charge is 0.367 e. The Bertz CT molecular complexity index is 1170. The second kappa shape index (κ2) is 7.69. The number of H-pyrrole nitrogens is 1. The average Bonchev–Trinajstić information content (AvgIpc) is 3.27. The van der Waals surface area contributed by atoms with Crippen LogP contribution in [0.1, 0.15) is 16.1 Å². The zero-order chi connectivity index (χ0) is 19.5. The minimum Gasteiger partial charge on any atom is -0.367 e. The Morgan fingerprint density at radius 2 is 1.93 bits per heavy atom. The highest BCUT2D eigenvalue weighted by atomic mass is 32.1.